The van der Waals surface area contributed by atoms with E-state index in [0.29, 0.717) is 13.1 Å². The molecule has 1 aromatic carbocycles. The average Bonchev–Trinajstić information content (AvgIpc) is 2.81. The summed E-state index contributed by atoms with van der Waals surface area (Å²) < 4.78 is 15.8. The van der Waals surface area contributed by atoms with Gasteiger partial charge in [-0.2, -0.15) is 0 Å². The summed E-state index contributed by atoms with van der Waals surface area (Å²) >= 11 is 0. The zero-order chi connectivity index (χ0) is 18.1. The van der Waals surface area contributed by atoms with Crippen LogP contribution in [0.3, 0.4) is 0 Å². The van der Waals surface area contributed by atoms with E-state index >= 15 is 0 Å². The maximum Gasteiger partial charge on any atom is 0.407 e. The second kappa shape index (κ2) is 9.80. The van der Waals surface area contributed by atoms with Crippen molar-refractivity contribution < 1.29 is 23.8 Å². The van der Waals surface area contributed by atoms with E-state index in [9.17, 15) is 9.59 Å². The topological polar surface area (TPSA) is 77.1 Å². The first-order chi connectivity index (χ1) is 12.1. The van der Waals surface area contributed by atoms with Gasteiger partial charge in [-0.3, -0.25) is 4.79 Å². The van der Waals surface area contributed by atoms with E-state index < -0.39 is 18.2 Å². The Kier molecular flexibility index (Phi) is 7.43. The SMILES string of the molecule is COCO[C@@H]1C=CCN(C(C)=O)C[C@H]1NC(=O)OCc1ccccc1. The van der Waals surface area contributed by atoms with E-state index in [0.717, 1.165) is 5.56 Å². The number of hydrogen-bond donors (Lipinski definition) is 1. The maximum absolute atomic E-state index is 12.1. The van der Waals surface area contributed by atoms with Crippen molar-refractivity contribution in [1.82, 2.24) is 10.2 Å². The zero-order valence-corrected chi connectivity index (χ0v) is 14.5. The molecule has 0 saturated heterocycles. The number of ether oxygens (including phenoxy) is 3. The highest BCUT2D eigenvalue weighted by Gasteiger charge is 2.28. The molecular weight excluding hydrogens is 324 g/mol. The first-order valence-electron chi connectivity index (χ1n) is 8.10. The third-order valence-electron chi connectivity index (χ3n) is 3.80. The number of benzene rings is 1. The fourth-order valence-corrected chi connectivity index (χ4v) is 2.49. The van der Waals surface area contributed by atoms with Gasteiger partial charge in [0.1, 0.15) is 19.5 Å². The monoisotopic (exact) mass is 348 g/mol. The van der Waals surface area contributed by atoms with Crippen LogP contribution in [0, 0.1) is 0 Å². The van der Waals surface area contributed by atoms with E-state index in [-0.39, 0.29) is 19.3 Å². The first kappa shape index (κ1) is 19.0. The number of carbonyl (C=O) groups is 2. The Morgan fingerprint density at radius 1 is 1.28 bits per heavy atom. The van der Waals surface area contributed by atoms with E-state index in [1.54, 1.807) is 4.90 Å². The minimum atomic E-state index is -0.557. The minimum Gasteiger partial charge on any atom is -0.445 e. The summed E-state index contributed by atoms with van der Waals surface area (Å²) in [6.07, 6.45) is 2.70. The number of methoxy groups -OCH3 is 1. The second-order valence-electron chi connectivity index (χ2n) is 5.70. The van der Waals surface area contributed by atoms with Crippen LogP contribution in [-0.4, -0.2) is 56.0 Å². The molecule has 7 heteroatoms. The van der Waals surface area contributed by atoms with Crippen LogP contribution in [0.2, 0.25) is 0 Å². The predicted molar refractivity (Wildman–Crippen MR) is 91.7 cm³/mol. The van der Waals surface area contributed by atoms with Crippen molar-refractivity contribution in [1.29, 1.82) is 0 Å². The highest BCUT2D eigenvalue weighted by atomic mass is 16.7. The van der Waals surface area contributed by atoms with Gasteiger partial charge in [-0.05, 0) is 5.56 Å². The molecule has 1 aliphatic heterocycles. The van der Waals surface area contributed by atoms with Crippen LogP contribution >= 0.6 is 0 Å². The summed E-state index contributed by atoms with van der Waals surface area (Å²) in [5.74, 6) is -0.0681. The number of nitrogens with one attached hydrogen (secondary N) is 1. The van der Waals surface area contributed by atoms with E-state index in [4.69, 9.17) is 14.2 Å². The van der Waals surface area contributed by atoms with Gasteiger partial charge in [0.2, 0.25) is 5.91 Å². The Hall–Kier alpha value is -2.38. The number of alkyl carbamates (subject to hydrolysis) is 1. The van der Waals surface area contributed by atoms with Crippen LogP contribution in [-0.2, 0) is 25.6 Å². The molecule has 0 radical (unpaired) electrons. The van der Waals surface area contributed by atoms with Crippen molar-refractivity contribution in [2.45, 2.75) is 25.7 Å². The summed E-state index contributed by atoms with van der Waals surface area (Å²) in [6, 6.07) is 8.99. The normalized spacial score (nSPS) is 20.0. The van der Waals surface area contributed by atoms with Crippen LogP contribution in [0.5, 0.6) is 0 Å². The van der Waals surface area contributed by atoms with Gasteiger partial charge in [0.15, 0.2) is 0 Å². The van der Waals surface area contributed by atoms with Crippen molar-refractivity contribution >= 4 is 12.0 Å². The molecule has 1 N–H and O–H groups in total. The van der Waals surface area contributed by atoms with Gasteiger partial charge >= 0.3 is 6.09 Å². The lowest BCUT2D eigenvalue weighted by atomic mass is 10.1. The Morgan fingerprint density at radius 2 is 2.04 bits per heavy atom. The predicted octanol–water partition coefficient (Wildman–Crippen LogP) is 1.69. The standard InChI is InChI=1S/C18H24N2O5/c1-14(21)20-10-6-9-17(25-13-23-2)16(11-20)19-18(22)24-12-15-7-4-3-5-8-15/h3-9,16-17H,10-13H2,1-2H3,(H,19,22)/t16-,17-/m1/s1. The number of carbonyl (C=O) groups excluding carboxylic acids is 2. The number of amides is 2. The molecule has 0 bridgehead atoms. The number of nitrogens with zero attached hydrogens (tertiary/aromatic N) is 1. The largest absolute Gasteiger partial charge is 0.445 e. The molecule has 1 heterocycles. The van der Waals surface area contributed by atoms with Gasteiger partial charge in [0.25, 0.3) is 0 Å². The molecule has 2 rings (SSSR count). The summed E-state index contributed by atoms with van der Waals surface area (Å²) in [7, 11) is 1.53. The Morgan fingerprint density at radius 3 is 2.72 bits per heavy atom. The van der Waals surface area contributed by atoms with Gasteiger partial charge in [0, 0.05) is 27.1 Å². The van der Waals surface area contributed by atoms with Crippen LogP contribution in [0.15, 0.2) is 42.5 Å². The first-order valence-corrected chi connectivity index (χ1v) is 8.10. The summed E-state index contributed by atoms with van der Waals surface area (Å²) in [5, 5.41) is 2.79. The summed E-state index contributed by atoms with van der Waals surface area (Å²) in [6.45, 7) is 2.56. The third kappa shape index (κ3) is 6.21. The molecule has 0 unspecified atom stereocenters. The lowest BCUT2D eigenvalue weighted by Crippen LogP contribution is -2.50. The van der Waals surface area contributed by atoms with E-state index in [1.807, 2.05) is 42.5 Å². The highest BCUT2D eigenvalue weighted by Crippen LogP contribution is 2.11. The highest BCUT2D eigenvalue weighted by molar-refractivity contribution is 5.74. The molecule has 2 amide bonds. The fraction of sp³-hybridized carbons (Fsp3) is 0.444. The Balaban J connectivity index is 1.96. The average molecular weight is 348 g/mol. The van der Waals surface area contributed by atoms with Crippen molar-refractivity contribution in [3.63, 3.8) is 0 Å². The fourth-order valence-electron chi connectivity index (χ4n) is 2.49. The Labute approximate surface area is 147 Å². The molecule has 0 aliphatic carbocycles. The molecule has 1 aliphatic rings. The molecule has 25 heavy (non-hydrogen) atoms. The lowest BCUT2D eigenvalue weighted by molar-refractivity contribution is -0.129. The summed E-state index contributed by atoms with van der Waals surface area (Å²) in [4.78, 5) is 25.5. The molecule has 0 saturated carbocycles. The van der Waals surface area contributed by atoms with Crippen molar-refractivity contribution in [3.8, 4) is 0 Å². The molecule has 0 spiro atoms. The van der Waals surface area contributed by atoms with Crippen LogP contribution in [0.4, 0.5) is 4.79 Å². The molecule has 136 valence electrons. The van der Waals surface area contributed by atoms with Crippen molar-refractivity contribution in [2.24, 2.45) is 0 Å². The quantitative estimate of drug-likeness (QED) is 0.625. The van der Waals surface area contributed by atoms with Gasteiger partial charge in [-0.25, -0.2) is 4.79 Å². The van der Waals surface area contributed by atoms with Crippen molar-refractivity contribution in [3.05, 3.63) is 48.0 Å². The van der Waals surface area contributed by atoms with Crippen LogP contribution in [0.1, 0.15) is 12.5 Å². The van der Waals surface area contributed by atoms with Gasteiger partial charge in [-0.15, -0.1) is 0 Å². The smallest absolute Gasteiger partial charge is 0.407 e. The second-order valence-corrected chi connectivity index (χ2v) is 5.70. The molecule has 1 aromatic rings. The third-order valence-corrected chi connectivity index (χ3v) is 3.80. The number of hydrogen-bond acceptors (Lipinski definition) is 5. The van der Waals surface area contributed by atoms with Crippen LogP contribution in [0.25, 0.3) is 0 Å². The van der Waals surface area contributed by atoms with Crippen LogP contribution < -0.4 is 5.32 Å². The molecule has 0 fully saturated rings. The van der Waals surface area contributed by atoms with E-state index in [1.165, 1.54) is 14.0 Å². The van der Waals surface area contributed by atoms with E-state index in [2.05, 4.69) is 5.32 Å². The lowest BCUT2D eigenvalue weighted by Gasteiger charge is -2.28. The number of rotatable bonds is 6. The molecule has 7 nitrogen and oxygen atoms in total. The summed E-state index contributed by atoms with van der Waals surface area (Å²) in [5.41, 5.74) is 0.899. The van der Waals surface area contributed by atoms with Gasteiger partial charge in [-0.1, -0.05) is 42.5 Å². The van der Waals surface area contributed by atoms with Gasteiger partial charge < -0.3 is 24.4 Å². The maximum atomic E-state index is 12.1. The molecule has 2 atom stereocenters. The molecular formula is C18H24N2O5. The van der Waals surface area contributed by atoms with Crippen molar-refractivity contribution in [2.75, 3.05) is 27.0 Å². The minimum absolute atomic E-state index is 0.0681. The zero-order valence-electron chi connectivity index (χ0n) is 14.5. The van der Waals surface area contributed by atoms with Gasteiger partial charge in [0.05, 0.1) is 6.04 Å². The Bertz CT molecular complexity index is 590. The molecule has 0 aromatic heterocycles.